The van der Waals surface area contributed by atoms with Crippen molar-refractivity contribution in [1.29, 1.82) is 0 Å². The Labute approximate surface area is 277 Å². The number of para-hydroxylation sites is 1. The molecule has 7 aromatic carbocycles. The average Bonchev–Trinajstić information content (AvgIpc) is 3.80. The number of oxazole rings is 1. The first-order valence-electron chi connectivity index (χ1n) is 16.4. The molecule has 0 saturated heterocycles. The standard InChI is InChI=1S/C44H30N2O2/c1-44(2)36-18-10-8-16-32(36)33-22-20-29(25-37(33)44)46(30-21-23-35-34-17-9-11-19-39(34)47-40(35)26-30)38-24-28-14-6-7-15-31(28)42-41(38)45-43(48-42)27-12-4-3-5-13-27/h3-26H,1-2H3. The average molecular weight is 619 g/mol. The summed E-state index contributed by atoms with van der Waals surface area (Å²) in [6.45, 7) is 4.65. The van der Waals surface area contributed by atoms with Crippen LogP contribution in [0.25, 0.3) is 66.4 Å². The molecule has 2 aromatic heterocycles. The molecular formula is C44H30N2O2. The van der Waals surface area contributed by atoms with Crippen molar-refractivity contribution >= 4 is 60.9 Å². The molecule has 0 N–H and O–H groups in total. The first-order valence-corrected chi connectivity index (χ1v) is 16.4. The Morgan fingerprint density at radius 2 is 1.23 bits per heavy atom. The van der Waals surface area contributed by atoms with Gasteiger partial charge in [-0.15, -0.1) is 0 Å². The number of anilines is 3. The van der Waals surface area contributed by atoms with Gasteiger partial charge in [-0.1, -0.05) is 105 Å². The van der Waals surface area contributed by atoms with Gasteiger partial charge >= 0.3 is 0 Å². The summed E-state index contributed by atoms with van der Waals surface area (Å²) in [5.41, 5.74) is 12.3. The van der Waals surface area contributed by atoms with E-state index in [1.54, 1.807) is 0 Å². The predicted octanol–water partition coefficient (Wildman–Crippen LogP) is 12.3. The number of benzene rings is 7. The Hall–Kier alpha value is -6.13. The number of rotatable bonds is 4. The van der Waals surface area contributed by atoms with E-state index in [0.29, 0.717) is 5.89 Å². The molecule has 0 amide bonds. The number of furan rings is 1. The Balaban J connectivity index is 1.27. The van der Waals surface area contributed by atoms with Gasteiger partial charge in [0, 0.05) is 44.6 Å². The normalized spacial score (nSPS) is 13.4. The van der Waals surface area contributed by atoms with Crippen LogP contribution in [0.5, 0.6) is 0 Å². The van der Waals surface area contributed by atoms with Crippen molar-refractivity contribution in [2.75, 3.05) is 4.90 Å². The van der Waals surface area contributed by atoms with Gasteiger partial charge < -0.3 is 13.7 Å². The highest BCUT2D eigenvalue weighted by atomic mass is 16.3. The Morgan fingerprint density at radius 1 is 0.542 bits per heavy atom. The SMILES string of the molecule is CC1(C)c2ccccc2-c2ccc(N(c3ccc4c(c3)oc3ccccc34)c3cc4ccccc4c4oc(-c5ccccc5)nc34)cc21. The minimum atomic E-state index is -0.149. The van der Waals surface area contributed by atoms with Crippen LogP contribution < -0.4 is 4.90 Å². The van der Waals surface area contributed by atoms with Crippen LogP contribution in [0, 0.1) is 0 Å². The van der Waals surface area contributed by atoms with Crippen LogP contribution in [0.3, 0.4) is 0 Å². The molecule has 0 spiro atoms. The highest BCUT2D eigenvalue weighted by molar-refractivity contribution is 6.12. The fourth-order valence-corrected chi connectivity index (χ4v) is 7.71. The molecule has 4 nitrogen and oxygen atoms in total. The minimum absolute atomic E-state index is 0.149. The maximum atomic E-state index is 6.63. The molecule has 228 valence electrons. The lowest BCUT2D eigenvalue weighted by Crippen LogP contribution is -2.16. The number of fused-ring (bicyclic) bond motifs is 9. The first kappa shape index (κ1) is 27.0. The monoisotopic (exact) mass is 618 g/mol. The van der Waals surface area contributed by atoms with Gasteiger partial charge in [-0.25, -0.2) is 4.98 Å². The van der Waals surface area contributed by atoms with Gasteiger partial charge in [0.25, 0.3) is 0 Å². The molecule has 48 heavy (non-hydrogen) atoms. The van der Waals surface area contributed by atoms with Crippen molar-refractivity contribution in [3.8, 4) is 22.6 Å². The van der Waals surface area contributed by atoms with Crippen LogP contribution in [0.2, 0.25) is 0 Å². The zero-order chi connectivity index (χ0) is 32.0. The lowest BCUT2D eigenvalue weighted by molar-refractivity contribution is 0.623. The second-order valence-electron chi connectivity index (χ2n) is 13.2. The largest absolute Gasteiger partial charge is 0.456 e. The van der Waals surface area contributed by atoms with E-state index >= 15 is 0 Å². The van der Waals surface area contributed by atoms with E-state index in [1.165, 1.54) is 22.3 Å². The highest BCUT2D eigenvalue weighted by Crippen LogP contribution is 2.51. The molecule has 4 heteroatoms. The first-order chi connectivity index (χ1) is 23.5. The van der Waals surface area contributed by atoms with Crippen molar-refractivity contribution in [3.05, 3.63) is 157 Å². The fourth-order valence-electron chi connectivity index (χ4n) is 7.71. The van der Waals surface area contributed by atoms with Crippen molar-refractivity contribution in [2.24, 2.45) is 0 Å². The summed E-state index contributed by atoms with van der Waals surface area (Å²) < 4.78 is 13.1. The van der Waals surface area contributed by atoms with E-state index in [4.69, 9.17) is 13.8 Å². The van der Waals surface area contributed by atoms with E-state index in [2.05, 4.69) is 122 Å². The number of hydrogen-bond acceptors (Lipinski definition) is 4. The molecular weight excluding hydrogens is 588 g/mol. The Morgan fingerprint density at radius 3 is 2.12 bits per heavy atom. The third-order valence-electron chi connectivity index (χ3n) is 10.1. The molecule has 0 radical (unpaired) electrons. The predicted molar refractivity (Wildman–Crippen MR) is 196 cm³/mol. The van der Waals surface area contributed by atoms with Crippen molar-refractivity contribution in [2.45, 2.75) is 19.3 Å². The van der Waals surface area contributed by atoms with E-state index in [0.717, 1.165) is 66.4 Å². The molecule has 0 fully saturated rings. The lowest BCUT2D eigenvalue weighted by atomic mass is 9.82. The Bertz CT molecular complexity index is 2720. The molecule has 1 aliphatic rings. The fraction of sp³-hybridized carbons (Fsp3) is 0.0682. The molecule has 0 saturated carbocycles. The zero-order valence-electron chi connectivity index (χ0n) is 26.6. The molecule has 0 aliphatic heterocycles. The quantitative estimate of drug-likeness (QED) is 0.197. The number of nitrogens with zero attached hydrogens (tertiary/aromatic N) is 2. The minimum Gasteiger partial charge on any atom is -0.456 e. The topological polar surface area (TPSA) is 42.4 Å². The second kappa shape index (κ2) is 9.93. The van der Waals surface area contributed by atoms with Crippen molar-refractivity contribution in [1.82, 2.24) is 4.98 Å². The summed E-state index contributed by atoms with van der Waals surface area (Å²) in [5, 5.41) is 4.32. The van der Waals surface area contributed by atoms with E-state index in [9.17, 15) is 0 Å². The molecule has 0 bridgehead atoms. The highest BCUT2D eigenvalue weighted by Gasteiger charge is 2.36. The van der Waals surface area contributed by atoms with E-state index in [1.807, 2.05) is 42.5 Å². The van der Waals surface area contributed by atoms with Crippen LogP contribution >= 0.6 is 0 Å². The summed E-state index contributed by atoms with van der Waals surface area (Å²) in [6, 6.07) is 51.1. The zero-order valence-corrected chi connectivity index (χ0v) is 26.6. The van der Waals surface area contributed by atoms with Gasteiger partial charge in [-0.05, 0) is 76.2 Å². The Kier molecular flexibility index (Phi) is 5.59. The summed E-state index contributed by atoms with van der Waals surface area (Å²) >= 11 is 0. The second-order valence-corrected chi connectivity index (χ2v) is 13.2. The number of aromatic nitrogens is 1. The maximum Gasteiger partial charge on any atom is 0.227 e. The van der Waals surface area contributed by atoms with Crippen LogP contribution in [-0.4, -0.2) is 4.98 Å². The summed E-state index contributed by atoms with van der Waals surface area (Å²) in [5.74, 6) is 0.599. The molecule has 9 aromatic rings. The van der Waals surface area contributed by atoms with Gasteiger partial charge in [-0.3, -0.25) is 0 Å². The number of hydrogen-bond donors (Lipinski definition) is 0. The molecule has 1 aliphatic carbocycles. The summed E-state index contributed by atoms with van der Waals surface area (Å²) in [7, 11) is 0. The summed E-state index contributed by atoms with van der Waals surface area (Å²) in [4.78, 5) is 7.52. The molecule has 0 atom stereocenters. The third kappa shape index (κ3) is 3.86. The van der Waals surface area contributed by atoms with Gasteiger partial charge in [0.2, 0.25) is 5.89 Å². The van der Waals surface area contributed by atoms with Crippen LogP contribution in [0.15, 0.2) is 154 Å². The molecule has 10 rings (SSSR count). The van der Waals surface area contributed by atoms with E-state index in [-0.39, 0.29) is 5.41 Å². The summed E-state index contributed by atoms with van der Waals surface area (Å²) in [6.07, 6.45) is 0. The van der Waals surface area contributed by atoms with Gasteiger partial charge in [0.15, 0.2) is 5.58 Å². The smallest absolute Gasteiger partial charge is 0.227 e. The van der Waals surface area contributed by atoms with Crippen LogP contribution in [0.4, 0.5) is 17.1 Å². The molecule has 0 unspecified atom stereocenters. The van der Waals surface area contributed by atoms with Crippen molar-refractivity contribution in [3.63, 3.8) is 0 Å². The molecule has 2 heterocycles. The van der Waals surface area contributed by atoms with Crippen LogP contribution in [0.1, 0.15) is 25.0 Å². The van der Waals surface area contributed by atoms with Gasteiger partial charge in [0.1, 0.15) is 16.7 Å². The van der Waals surface area contributed by atoms with Gasteiger partial charge in [0.05, 0.1) is 5.69 Å². The van der Waals surface area contributed by atoms with Crippen molar-refractivity contribution < 1.29 is 8.83 Å². The van der Waals surface area contributed by atoms with E-state index < -0.39 is 0 Å². The lowest BCUT2D eigenvalue weighted by Gasteiger charge is -2.28. The maximum absolute atomic E-state index is 6.63. The van der Waals surface area contributed by atoms with Crippen LogP contribution in [-0.2, 0) is 5.41 Å². The van der Waals surface area contributed by atoms with Gasteiger partial charge in [-0.2, -0.15) is 0 Å². The third-order valence-corrected chi connectivity index (χ3v) is 10.1.